The fourth-order valence-electron chi connectivity index (χ4n) is 2.52. The number of aromatic nitrogens is 3. The van der Waals surface area contributed by atoms with Crippen LogP contribution in [0.5, 0.6) is 0 Å². The molecular weight excluding hydrogens is 331 g/mol. The number of amides is 1. The van der Waals surface area contributed by atoms with Crippen molar-refractivity contribution in [2.75, 3.05) is 0 Å². The van der Waals surface area contributed by atoms with Crippen molar-refractivity contribution >= 4 is 40.4 Å². The molecule has 0 unspecified atom stereocenters. The van der Waals surface area contributed by atoms with Gasteiger partial charge < -0.3 is 9.88 Å². The molecule has 3 heterocycles. The summed E-state index contributed by atoms with van der Waals surface area (Å²) in [7, 11) is 0. The topological polar surface area (TPSA) is 59.8 Å². The standard InChI is InChI=1S/C13H14Cl2N4OS/c1-2-10-17-18-11-4-3-7(6-19(10)11)16-13(20)8-5-9(14)21-12(8)15/h5,7H,2-4,6H2,1H3,(H,16,20)/t7-/m0/s1. The maximum absolute atomic E-state index is 12.3. The lowest BCUT2D eigenvalue weighted by Gasteiger charge is -2.25. The molecule has 1 aliphatic heterocycles. The largest absolute Gasteiger partial charge is 0.347 e. The zero-order chi connectivity index (χ0) is 15.0. The highest BCUT2D eigenvalue weighted by Crippen LogP contribution is 2.31. The van der Waals surface area contributed by atoms with Crippen LogP contribution in [-0.2, 0) is 19.4 Å². The molecule has 8 heteroatoms. The number of rotatable bonds is 3. The van der Waals surface area contributed by atoms with Crippen LogP contribution in [0.25, 0.3) is 0 Å². The average Bonchev–Trinajstić information content (AvgIpc) is 3.01. The van der Waals surface area contributed by atoms with Gasteiger partial charge in [-0.3, -0.25) is 4.79 Å². The first-order chi connectivity index (χ1) is 10.1. The maximum atomic E-state index is 12.3. The Bertz CT molecular complexity index is 668. The Hall–Kier alpha value is -1.11. The molecule has 0 fully saturated rings. The molecule has 0 saturated heterocycles. The lowest BCUT2D eigenvalue weighted by Crippen LogP contribution is -2.41. The third kappa shape index (κ3) is 2.93. The first-order valence-corrected chi connectivity index (χ1v) is 8.32. The number of aryl methyl sites for hydroxylation is 2. The van der Waals surface area contributed by atoms with Gasteiger partial charge in [0, 0.05) is 25.4 Å². The van der Waals surface area contributed by atoms with Crippen LogP contribution in [0.1, 0.15) is 35.4 Å². The molecular formula is C13H14Cl2N4OS. The third-order valence-electron chi connectivity index (χ3n) is 3.58. The molecule has 1 atom stereocenters. The first-order valence-electron chi connectivity index (χ1n) is 6.75. The molecule has 2 aromatic rings. The van der Waals surface area contributed by atoms with Crippen LogP contribution >= 0.6 is 34.5 Å². The number of fused-ring (bicyclic) bond motifs is 1. The van der Waals surface area contributed by atoms with Gasteiger partial charge in [-0.1, -0.05) is 30.1 Å². The number of hydrogen-bond donors (Lipinski definition) is 1. The molecule has 3 rings (SSSR count). The van der Waals surface area contributed by atoms with Crippen LogP contribution in [0, 0.1) is 0 Å². The molecule has 1 amide bonds. The van der Waals surface area contributed by atoms with Gasteiger partial charge in [-0.15, -0.1) is 21.5 Å². The molecule has 0 bridgehead atoms. The fourth-order valence-corrected chi connectivity index (χ4v) is 3.98. The average molecular weight is 345 g/mol. The van der Waals surface area contributed by atoms with Gasteiger partial charge in [0.25, 0.3) is 5.91 Å². The van der Waals surface area contributed by atoms with E-state index in [0.29, 0.717) is 20.8 Å². The van der Waals surface area contributed by atoms with E-state index in [-0.39, 0.29) is 11.9 Å². The summed E-state index contributed by atoms with van der Waals surface area (Å²) in [4.78, 5) is 12.3. The van der Waals surface area contributed by atoms with E-state index in [1.165, 1.54) is 11.3 Å². The van der Waals surface area contributed by atoms with Crippen molar-refractivity contribution in [3.05, 3.63) is 32.0 Å². The molecule has 0 spiro atoms. The summed E-state index contributed by atoms with van der Waals surface area (Å²) < 4.78 is 3.03. The second kappa shape index (κ2) is 5.94. The van der Waals surface area contributed by atoms with E-state index in [0.717, 1.165) is 30.9 Å². The van der Waals surface area contributed by atoms with Gasteiger partial charge in [0.2, 0.25) is 0 Å². The monoisotopic (exact) mass is 344 g/mol. The summed E-state index contributed by atoms with van der Waals surface area (Å²) in [6, 6.07) is 1.66. The van der Waals surface area contributed by atoms with Gasteiger partial charge in [0.1, 0.15) is 16.0 Å². The number of halogens is 2. The van der Waals surface area contributed by atoms with E-state index in [1.807, 2.05) is 6.92 Å². The Kier molecular flexibility index (Phi) is 4.19. The van der Waals surface area contributed by atoms with E-state index in [9.17, 15) is 4.79 Å². The van der Waals surface area contributed by atoms with Crippen LogP contribution in [0.2, 0.25) is 8.67 Å². The van der Waals surface area contributed by atoms with Gasteiger partial charge in [0.05, 0.1) is 9.90 Å². The number of nitrogens with zero attached hydrogens (tertiary/aromatic N) is 3. The lowest BCUT2D eigenvalue weighted by molar-refractivity contribution is 0.0928. The quantitative estimate of drug-likeness (QED) is 0.930. The van der Waals surface area contributed by atoms with Crippen LogP contribution < -0.4 is 5.32 Å². The molecule has 0 saturated carbocycles. The number of hydrogen-bond acceptors (Lipinski definition) is 4. The first kappa shape index (κ1) is 14.8. The summed E-state index contributed by atoms with van der Waals surface area (Å²) in [6.45, 7) is 2.75. The Balaban J connectivity index is 1.72. The summed E-state index contributed by atoms with van der Waals surface area (Å²) in [5, 5.41) is 11.4. The highest BCUT2D eigenvalue weighted by atomic mass is 35.5. The maximum Gasteiger partial charge on any atom is 0.253 e. The fraction of sp³-hybridized carbons (Fsp3) is 0.462. The van der Waals surface area contributed by atoms with Gasteiger partial charge in [-0.25, -0.2) is 0 Å². The second-order valence-corrected chi connectivity index (χ2v) is 7.23. The molecule has 112 valence electrons. The van der Waals surface area contributed by atoms with Crippen molar-refractivity contribution < 1.29 is 4.79 Å². The highest BCUT2D eigenvalue weighted by Gasteiger charge is 2.25. The molecule has 1 aliphatic rings. The Morgan fingerprint density at radius 3 is 3.00 bits per heavy atom. The highest BCUT2D eigenvalue weighted by molar-refractivity contribution is 7.20. The summed E-state index contributed by atoms with van der Waals surface area (Å²) >= 11 is 13.1. The second-order valence-electron chi connectivity index (χ2n) is 4.94. The molecule has 0 radical (unpaired) electrons. The van der Waals surface area contributed by atoms with E-state index in [1.54, 1.807) is 6.07 Å². The van der Waals surface area contributed by atoms with Crippen molar-refractivity contribution in [1.82, 2.24) is 20.1 Å². The van der Waals surface area contributed by atoms with Gasteiger partial charge >= 0.3 is 0 Å². The summed E-state index contributed by atoms with van der Waals surface area (Å²) in [5.41, 5.74) is 0.442. The molecule has 21 heavy (non-hydrogen) atoms. The van der Waals surface area contributed by atoms with Crippen molar-refractivity contribution in [3.63, 3.8) is 0 Å². The summed E-state index contributed by atoms with van der Waals surface area (Å²) in [5.74, 6) is 1.78. The Labute approximate surface area is 136 Å². The molecule has 0 aliphatic carbocycles. The summed E-state index contributed by atoms with van der Waals surface area (Å²) in [6.07, 6.45) is 2.50. The van der Waals surface area contributed by atoms with E-state index >= 15 is 0 Å². The Morgan fingerprint density at radius 1 is 1.52 bits per heavy atom. The number of thiophene rings is 1. The van der Waals surface area contributed by atoms with Crippen molar-refractivity contribution in [1.29, 1.82) is 0 Å². The Morgan fingerprint density at radius 2 is 2.33 bits per heavy atom. The SMILES string of the molecule is CCc1nnc2n1C[C@@H](NC(=O)c1cc(Cl)sc1Cl)CC2. The zero-order valence-corrected chi connectivity index (χ0v) is 13.7. The van der Waals surface area contributed by atoms with E-state index < -0.39 is 0 Å². The third-order valence-corrected chi connectivity index (χ3v) is 5.06. The van der Waals surface area contributed by atoms with Crippen LogP contribution in [0.3, 0.4) is 0 Å². The van der Waals surface area contributed by atoms with Gasteiger partial charge in [0.15, 0.2) is 0 Å². The van der Waals surface area contributed by atoms with Gasteiger partial charge in [-0.2, -0.15) is 0 Å². The van der Waals surface area contributed by atoms with Crippen LogP contribution in [-0.4, -0.2) is 26.7 Å². The minimum Gasteiger partial charge on any atom is -0.347 e. The lowest BCUT2D eigenvalue weighted by atomic mass is 10.1. The zero-order valence-electron chi connectivity index (χ0n) is 11.4. The molecule has 1 N–H and O–H groups in total. The number of nitrogens with one attached hydrogen (secondary N) is 1. The van der Waals surface area contributed by atoms with Crippen LogP contribution in [0.15, 0.2) is 6.07 Å². The van der Waals surface area contributed by atoms with E-state index in [4.69, 9.17) is 23.2 Å². The molecule has 2 aromatic heterocycles. The number of carbonyl (C=O) groups excluding carboxylic acids is 1. The van der Waals surface area contributed by atoms with Gasteiger partial charge in [-0.05, 0) is 12.5 Å². The van der Waals surface area contributed by atoms with E-state index in [2.05, 4.69) is 20.1 Å². The van der Waals surface area contributed by atoms with Crippen molar-refractivity contribution in [2.24, 2.45) is 0 Å². The molecule has 0 aromatic carbocycles. The predicted octanol–water partition coefficient (Wildman–Crippen LogP) is 2.95. The van der Waals surface area contributed by atoms with Crippen molar-refractivity contribution in [2.45, 2.75) is 38.8 Å². The smallest absolute Gasteiger partial charge is 0.253 e. The minimum absolute atomic E-state index is 0.0565. The minimum atomic E-state index is -0.178. The molecule has 5 nitrogen and oxygen atoms in total. The number of carbonyl (C=O) groups is 1. The van der Waals surface area contributed by atoms with Crippen LogP contribution in [0.4, 0.5) is 0 Å². The predicted molar refractivity (Wildman–Crippen MR) is 83.3 cm³/mol. The normalized spacial score (nSPS) is 17.6. The van der Waals surface area contributed by atoms with Crippen molar-refractivity contribution in [3.8, 4) is 0 Å².